The van der Waals surface area contributed by atoms with E-state index in [1.807, 2.05) is 23.1 Å². The predicted molar refractivity (Wildman–Crippen MR) is 89.3 cm³/mol. The second-order valence-corrected chi connectivity index (χ2v) is 5.64. The van der Waals surface area contributed by atoms with Gasteiger partial charge in [-0.05, 0) is 31.5 Å². The van der Waals surface area contributed by atoms with E-state index in [9.17, 15) is 4.79 Å². The van der Waals surface area contributed by atoms with Gasteiger partial charge in [0, 0.05) is 32.6 Å². The summed E-state index contributed by atoms with van der Waals surface area (Å²) in [5.74, 6) is 1.17. The normalized spacial score (nSPS) is 15.0. The molecule has 0 aromatic heterocycles. The summed E-state index contributed by atoms with van der Waals surface area (Å²) >= 11 is 0. The minimum atomic E-state index is 0.275. The Morgan fingerprint density at radius 1 is 1.14 bits per heavy atom. The van der Waals surface area contributed by atoms with Gasteiger partial charge in [-0.25, -0.2) is 0 Å². The number of hydrogen-bond donors (Lipinski definition) is 1. The van der Waals surface area contributed by atoms with E-state index < -0.39 is 0 Å². The van der Waals surface area contributed by atoms with Crippen molar-refractivity contribution in [2.45, 2.75) is 25.7 Å². The molecule has 2 N–H and O–H groups in total. The van der Waals surface area contributed by atoms with E-state index in [0.29, 0.717) is 13.0 Å². The smallest absolute Gasteiger partial charge is 0.222 e. The molecule has 122 valence electrons. The monoisotopic (exact) mass is 305 g/mol. The molecule has 1 aromatic carbocycles. The van der Waals surface area contributed by atoms with Crippen LogP contribution in [0.3, 0.4) is 0 Å². The molecule has 0 atom stereocenters. The van der Waals surface area contributed by atoms with Crippen molar-refractivity contribution in [1.29, 1.82) is 0 Å². The lowest BCUT2D eigenvalue weighted by Crippen LogP contribution is -2.48. The Morgan fingerprint density at radius 2 is 1.86 bits per heavy atom. The number of unbranched alkanes of at least 4 members (excludes halogenated alkanes) is 2. The summed E-state index contributed by atoms with van der Waals surface area (Å²) in [6.07, 6.45) is 3.65. The molecule has 1 aromatic rings. The Balaban J connectivity index is 1.81. The van der Waals surface area contributed by atoms with E-state index in [4.69, 9.17) is 10.5 Å². The molecule has 0 unspecified atom stereocenters. The zero-order valence-corrected chi connectivity index (χ0v) is 13.5. The number of benzene rings is 1. The number of carbonyl (C=O) groups is 1. The van der Waals surface area contributed by atoms with Crippen LogP contribution in [0, 0.1) is 0 Å². The molecule has 0 radical (unpaired) electrons. The molecule has 0 bridgehead atoms. The summed E-state index contributed by atoms with van der Waals surface area (Å²) in [6.45, 7) is 4.00. The minimum absolute atomic E-state index is 0.275. The number of nitrogens with zero attached hydrogens (tertiary/aromatic N) is 2. The van der Waals surface area contributed by atoms with Crippen LogP contribution >= 0.6 is 0 Å². The molecule has 1 aliphatic heterocycles. The van der Waals surface area contributed by atoms with Gasteiger partial charge in [-0.15, -0.1) is 0 Å². The first-order chi connectivity index (χ1) is 10.8. The molecule has 1 amide bonds. The molecular weight excluding hydrogens is 278 g/mol. The number of para-hydroxylation sites is 2. The Bertz CT molecular complexity index is 471. The molecule has 1 fully saturated rings. The lowest BCUT2D eigenvalue weighted by Gasteiger charge is -2.36. The standard InChI is InChI=1S/C17H27N3O2/c1-22-16-8-5-4-7-15(16)19-11-13-20(14-12-19)17(21)9-3-2-6-10-18/h4-5,7-8H,2-3,6,9-14,18H2,1H3. The van der Waals surface area contributed by atoms with Gasteiger partial charge in [0.15, 0.2) is 0 Å². The Kier molecular flexibility index (Phi) is 6.52. The van der Waals surface area contributed by atoms with E-state index in [-0.39, 0.29) is 5.91 Å². The molecule has 5 nitrogen and oxygen atoms in total. The Morgan fingerprint density at radius 3 is 2.55 bits per heavy atom. The summed E-state index contributed by atoms with van der Waals surface area (Å²) in [6, 6.07) is 8.05. The highest BCUT2D eigenvalue weighted by atomic mass is 16.5. The second kappa shape index (κ2) is 8.63. The van der Waals surface area contributed by atoms with E-state index in [2.05, 4.69) is 11.0 Å². The maximum Gasteiger partial charge on any atom is 0.222 e. The summed E-state index contributed by atoms with van der Waals surface area (Å²) in [4.78, 5) is 16.4. The maximum atomic E-state index is 12.2. The van der Waals surface area contributed by atoms with Gasteiger partial charge in [-0.3, -0.25) is 4.79 Å². The van der Waals surface area contributed by atoms with Crippen LogP contribution in [0.1, 0.15) is 25.7 Å². The molecule has 0 aliphatic carbocycles. The fraction of sp³-hybridized carbons (Fsp3) is 0.588. The van der Waals surface area contributed by atoms with Gasteiger partial charge in [0.1, 0.15) is 5.75 Å². The van der Waals surface area contributed by atoms with Crippen LogP contribution in [-0.4, -0.2) is 50.6 Å². The van der Waals surface area contributed by atoms with Crippen LogP contribution in [0.15, 0.2) is 24.3 Å². The van der Waals surface area contributed by atoms with Gasteiger partial charge in [0.2, 0.25) is 5.91 Å². The molecule has 22 heavy (non-hydrogen) atoms. The molecule has 5 heteroatoms. The third-order valence-corrected chi connectivity index (χ3v) is 4.15. The SMILES string of the molecule is COc1ccccc1N1CCN(C(=O)CCCCCN)CC1. The van der Waals surface area contributed by atoms with Crippen molar-refractivity contribution in [1.82, 2.24) is 4.90 Å². The zero-order valence-electron chi connectivity index (χ0n) is 13.5. The van der Waals surface area contributed by atoms with Crippen molar-refractivity contribution in [3.63, 3.8) is 0 Å². The van der Waals surface area contributed by atoms with Crippen LogP contribution < -0.4 is 15.4 Å². The number of nitrogens with two attached hydrogens (primary N) is 1. The molecule has 0 saturated carbocycles. The fourth-order valence-electron chi connectivity index (χ4n) is 2.84. The number of amides is 1. The Labute approximate surface area is 133 Å². The molecule has 0 spiro atoms. The van der Waals surface area contributed by atoms with E-state index >= 15 is 0 Å². The summed E-state index contributed by atoms with van der Waals surface area (Å²) in [7, 11) is 1.69. The van der Waals surface area contributed by atoms with Crippen molar-refractivity contribution < 1.29 is 9.53 Å². The van der Waals surface area contributed by atoms with Gasteiger partial charge in [-0.1, -0.05) is 18.6 Å². The van der Waals surface area contributed by atoms with Crippen molar-refractivity contribution in [3.05, 3.63) is 24.3 Å². The predicted octanol–water partition coefficient (Wildman–Crippen LogP) is 1.86. The summed E-state index contributed by atoms with van der Waals surface area (Å²) < 4.78 is 5.42. The number of ether oxygens (including phenoxy) is 1. The van der Waals surface area contributed by atoms with Crippen LogP contribution in [0.4, 0.5) is 5.69 Å². The van der Waals surface area contributed by atoms with Gasteiger partial charge >= 0.3 is 0 Å². The minimum Gasteiger partial charge on any atom is -0.495 e. The molecule has 1 saturated heterocycles. The number of anilines is 1. The second-order valence-electron chi connectivity index (χ2n) is 5.64. The summed E-state index contributed by atoms with van der Waals surface area (Å²) in [5.41, 5.74) is 6.58. The number of hydrogen-bond acceptors (Lipinski definition) is 4. The van der Waals surface area contributed by atoms with Gasteiger partial charge in [0.25, 0.3) is 0 Å². The largest absolute Gasteiger partial charge is 0.495 e. The van der Waals surface area contributed by atoms with Gasteiger partial charge in [-0.2, -0.15) is 0 Å². The van der Waals surface area contributed by atoms with Crippen molar-refractivity contribution >= 4 is 11.6 Å². The van der Waals surface area contributed by atoms with E-state index in [1.165, 1.54) is 0 Å². The van der Waals surface area contributed by atoms with Crippen LogP contribution in [0.5, 0.6) is 5.75 Å². The highest BCUT2D eigenvalue weighted by Gasteiger charge is 2.22. The lowest BCUT2D eigenvalue weighted by atomic mass is 10.1. The number of piperazine rings is 1. The first-order valence-electron chi connectivity index (χ1n) is 8.12. The average molecular weight is 305 g/mol. The number of carbonyl (C=O) groups excluding carboxylic acids is 1. The zero-order chi connectivity index (χ0) is 15.8. The Hall–Kier alpha value is -1.75. The quantitative estimate of drug-likeness (QED) is 0.781. The third-order valence-electron chi connectivity index (χ3n) is 4.15. The van der Waals surface area contributed by atoms with Gasteiger partial charge < -0.3 is 20.3 Å². The third kappa shape index (κ3) is 4.37. The average Bonchev–Trinajstić information content (AvgIpc) is 2.58. The molecule has 2 rings (SSSR count). The van der Waals surface area contributed by atoms with Crippen molar-refractivity contribution in [2.24, 2.45) is 5.73 Å². The molecule has 1 aliphatic rings. The highest BCUT2D eigenvalue weighted by Crippen LogP contribution is 2.28. The molecule has 1 heterocycles. The van der Waals surface area contributed by atoms with Gasteiger partial charge in [0.05, 0.1) is 12.8 Å². The highest BCUT2D eigenvalue weighted by molar-refractivity contribution is 5.76. The number of methoxy groups -OCH3 is 1. The fourth-order valence-corrected chi connectivity index (χ4v) is 2.84. The topological polar surface area (TPSA) is 58.8 Å². The van der Waals surface area contributed by atoms with Crippen LogP contribution in [0.25, 0.3) is 0 Å². The van der Waals surface area contributed by atoms with Crippen molar-refractivity contribution in [3.8, 4) is 5.75 Å². The van der Waals surface area contributed by atoms with E-state index in [0.717, 1.165) is 56.9 Å². The molecular formula is C17H27N3O2. The van der Waals surface area contributed by atoms with E-state index in [1.54, 1.807) is 7.11 Å². The first kappa shape index (κ1) is 16.6. The number of rotatable bonds is 7. The first-order valence-corrected chi connectivity index (χ1v) is 8.12. The van der Waals surface area contributed by atoms with Crippen LogP contribution in [0.2, 0.25) is 0 Å². The van der Waals surface area contributed by atoms with Crippen LogP contribution in [-0.2, 0) is 4.79 Å². The summed E-state index contributed by atoms with van der Waals surface area (Å²) in [5, 5.41) is 0. The maximum absolute atomic E-state index is 12.2. The van der Waals surface area contributed by atoms with Crippen molar-refractivity contribution in [2.75, 3.05) is 44.7 Å². The lowest BCUT2D eigenvalue weighted by molar-refractivity contribution is -0.131.